The predicted molar refractivity (Wildman–Crippen MR) is 68.6 cm³/mol. The standard InChI is InChI=1S/C12H12FN3S/c13-7-8-17-12-6-5-11(15-16-12)9-1-3-10(14)4-2-9/h1-6H,7-8,14H2. The number of halogens is 1. The molecule has 0 saturated heterocycles. The van der Waals surface area contributed by atoms with Gasteiger partial charge in [0.05, 0.1) is 12.4 Å². The van der Waals surface area contributed by atoms with Crippen molar-refractivity contribution in [2.24, 2.45) is 0 Å². The smallest absolute Gasteiger partial charge is 0.119 e. The minimum atomic E-state index is -0.355. The molecule has 0 unspecified atom stereocenters. The van der Waals surface area contributed by atoms with Crippen LogP contribution in [0.4, 0.5) is 10.1 Å². The van der Waals surface area contributed by atoms with Crippen LogP contribution >= 0.6 is 11.8 Å². The fourth-order valence-electron chi connectivity index (χ4n) is 1.35. The van der Waals surface area contributed by atoms with Crippen LogP contribution in [0.1, 0.15) is 0 Å². The van der Waals surface area contributed by atoms with Crippen LogP contribution in [-0.4, -0.2) is 22.6 Å². The Bertz CT molecular complexity index is 470. The highest BCUT2D eigenvalue weighted by Gasteiger charge is 2.01. The van der Waals surface area contributed by atoms with Gasteiger partial charge in [-0.25, -0.2) is 0 Å². The Balaban J connectivity index is 2.14. The van der Waals surface area contributed by atoms with E-state index in [1.807, 2.05) is 36.4 Å². The maximum Gasteiger partial charge on any atom is 0.119 e. The van der Waals surface area contributed by atoms with Gasteiger partial charge in [-0.2, -0.15) is 0 Å². The Hall–Kier alpha value is -1.62. The average molecular weight is 249 g/mol. The van der Waals surface area contributed by atoms with Crippen molar-refractivity contribution in [1.29, 1.82) is 0 Å². The first-order valence-electron chi connectivity index (χ1n) is 5.18. The number of rotatable bonds is 4. The van der Waals surface area contributed by atoms with E-state index in [-0.39, 0.29) is 6.67 Å². The van der Waals surface area contributed by atoms with Crippen LogP contribution in [0.2, 0.25) is 0 Å². The molecule has 2 rings (SSSR count). The van der Waals surface area contributed by atoms with E-state index in [0.717, 1.165) is 22.0 Å². The van der Waals surface area contributed by atoms with E-state index in [1.54, 1.807) is 0 Å². The number of nitrogens with two attached hydrogens (primary N) is 1. The lowest BCUT2D eigenvalue weighted by Gasteiger charge is -2.02. The Morgan fingerprint density at radius 2 is 1.82 bits per heavy atom. The van der Waals surface area contributed by atoms with Crippen LogP contribution in [0, 0.1) is 0 Å². The van der Waals surface area contributed by atoms with Crippen molar-refractivity contribution in [2.45, 2.75) is 5.03 Å². The average Bonchev–Trinajstić information content (AvgIpc) is 2.38. The van der Waals surface area contributed by atoms with Crippen LogP contribution in [-0.2, 0) is 0 Å². The summed E-state index contributed by atoms with van der Waals surface area (Å²) in [4.78, 5) is 0. The first kappa shape index (κ1) is 11.9. The van der Waals surface area contributed by atoms with Crippen LogP contribution in [0.3, 0.4) is 0 Å². The van der Waals surface area contributed by atoms with Gasteiger partial charge < -0.3 is 5.73 Å². The molecule has 17 heavy (non-hydrogen) atoms. The van der Waals surface area contributed by atoms with Gasteiger partial charge in [-0.3, -0.25) is 4.39 Å². The summed E-state index contributed by atoms with van der Waals surface area (Å²) in [6.07, 6.45) is 0. The molecule has 0 fully saturated rings. The van der Waals surface area contributed by atoms with Crippen molar-refractivity contribution in [2.75, 3.05) is 18.2 Å². The second-order valence-corrected chi connectivity index (χ2v) is 4.53. The molecular formula is C12H12FN3S. The first-order chi connectivity index (χ1) is 8.29. The highest BCUT2D eigenvalue weighted by Crippen LogP contribution is 2.20. The normalized spacial score (nSPS) is 10.4. The molecule has 88 valence electrons. The van der Waals surface area contributed by atoms with Crippen LogP contribution in [0.15, 0.2) is 41.4 Å². The molecule has 5 heteroatoms. The largest absolute Gasteiger partial charge is 0.399 e. The summed E-state index contributed by atoms with van der Waals surface area (Å²) in [5.74, 6) is 0.413. The van der Waals surface area contributed by atoms with Crippen molar-refractivity contribution in [3.8, 4) is 11.3 Å². The van der Waals surface area contributed by atoms with E-state index in [9.17, 15) is 4.39 Å². The Morgan fingerprint density at radius 3 is 2.41 bits per heavy atom. The first-order valence-corrected chi connectivity index (χ1v) is 6.16. The molecule has 0 aliphatic rings. The number of alkyl halides is 1. The number of anilines is 1. The third-order valence-electron chi connectivity index (χ3n) is 2.17. The molecule has 3 nitrogen and oxygen atoms in total. The third kappa shape index (κ3) is 3.17. The minimum Gasteiger partial charge on any atom is -0.399 e. The highest BCUT2D eigenvalue weighted by atomic mass is 32.2. The molecule has 1 aromatic heterocycles. The molecule has 0 radical (unpaired) electrons. The molecule has 0 atom stereocenters. The summed E-state index contributed by atoms with van der Waals surface area (Å²) >= 11 is 1.36. The SMILES string of the molecule is Nc1ccc(-c2ccc(SCCF)nn2)cc1. The van der Waals surface area contributed by atoms with Gasteiger partial charge in [0.2, 0.25) is 0 Å². The number of benzene rings is 1. The number of thioether (sulfide) groups is 1. The van der Waals surface area contributed by atoms with E-state index < -0.39 is 0 Å². The van der Waals surface area contributed by atoms with Gasteiger partial charge in [0.15, 0.2) is 0 Å². The minimum absolute atomic E-state index is 0.355. The number of nitrogens with zero attached hydrogens (tertiary/aromatic N) is 2. The molecule has 0 spiro atoms. The summed E-state index contributed by atoms with van der Waals surface area (Å²) < 4.78 is 12.0. The van der Waals surface area contributed by atoms with Crippen LogP contribution in [0.25, 0.3) is 11.3 Å². The topological polar surface area (TPSA) is 51.8 Å². The van der Waals surface area contributed by atoms with Crippen molar-refractivity contribution in [1.82, 2.24) is 10.2 Å². The van der Waals surface area contributed by atoms with Crippen molar-refractivity contribution < 1.29 is 4.39 Å². The zero-order valence-electron chi connectivity index (χ0n) is 9.14. The molecule has 2 N–H and O–H groups in total. The van der Waals surface area contributed by atoms with Crippen molar-refractivity contribution >= 4 is 17.4 Å². The maximum absolute atomic E-state index is 12.0. The Kier molecular flexibility index (Phi) is 3.93. The van der Waals surface area contributed by atoms with Gasteiger partial charge in [0.1, 0.15) is 5.03 Å². The summed E-state index contributed by atoms with van der Waals surface area (Å²) in [6.45, 7) is -0.355. The fraction of sp³-hybridized carbons (Fsp3) is 0.167. The molecular weight excluding hydrogens is 237 g/mol. The second kappa shape index (κ2) is 5.63. The molecule has 0 aliphatic carbocycles. The maximum atomic E-state index is 12.0. The molecule has 0 saturated carbocycles. The summed E-state index contributed by atoms with van der Waals surface area (Å²) in [5.41, 5.74) is 8.08. The molecule has 0 bridgehead atoms. The van der Waals surface area contributed by atoms with E-state index in [0.29, 0.717) is 5.75 Å². The molecule has 0 amide bonds. The monoisotopic (exact) mass is 249 g/mol. The Morgan fingerprint density at radius 1 is 1.06 bits per heavy atom. The summed E-state index contributed by atoms with van der Waals surface area (Å²) in [5, 5.41) is 8.87. The predicted octanol–water partition coefficient (Wildman–Crippen LogP) is 2.79. The number of hydrogen-bond acceptors (Lipinski definition) is 4. The van der Waals surface area contributed by atoms with Gasteiger partial charge in [-0.1, -0.05) is 12.1 Å². The van der Waals surface area contributed by atoms with E-state index in [1.165, 1.54) is 11.8 Å². The molecule has 1 aromatic carbocycles. The molecule has 1 heterocycles. The lowest BCUT2D eigenvalue weighted by atomic mass is 10.1. The molecule has 0 aliphatic heterocycles. The fourth-order valence-corrected chi connectivity index (χ4v) is 1.90. The quantitative estimate of drug-likeness (QED) is 0.668. The van der Waals surface area contributed by atoms with E-state index in [2.05, 4.69) is 10.2 Å². The van der Waals surface area contributed by atoms with Crippen molar-refractivity contribution in [3.05, 3.63) is 36.4 Å². The number of nitrogen functional groups attached to an aromatic ring is 1. The van der Waals surface area contributed by atoms with Gasteiger partial charge in [-0.15, -0.1) is 22.0 Å². The Labute approximate surface area is 103 Å². The lowest BCUT2D eigenvalue weighted by molar-refractivity contribution is 0.532. The van der Waals surface area contributed by atoms with E-state index in [4.69, 9.17) is 5.73 Å². The summed E-state index contributed by atoms with van der Waals surface area (Å²) in [6, 6.07) is 11.2. The highest BCUT2D eigenvalue weighted by molar-refractivity contribution is 7.99. The van der Waals surface area contributed by atoms with Gasteiger partial charge in [0.25, 0.3) is 0 Å². The van der Waals surface area contributed by atoms with E-state index >= 15 is 0 Å². The zero-order valence-corrected chi connectivity index (χ0v) is 9.95. The lowest BCUT2D eigenvalue weighted by Crippen LogP contribution is -1.91. The van der Waals surface area contributed by atoms with Crippen molar-refractivity contribution in [3.63, 3.8) is 0 Å². The number of hydrogen-bond donors (Lipinski definition) is 1. The zero-order chi connectivity index (χ0) is 12.1. The summed E-state index contributed by atoms with van der Waals surface area (Å²) in [7, 11) is 0. The molecule has 2 aromatic rings. The number of aromatic nitrogens is 2. The van der Waals surface area contributed by atoms with Gasteiger partial charge in [-0.05, 0) is 24.3 Å². The second-order valence-electron chi connectivity index (χ2n) is 3.42. The van der Waals surface area contributed by atoms with Crippen LogP contribution in [0.5, 0.6) is 0 Å². The van der Waals surface area contributed by atoms with Gasteiger partial charge in [0, 0.05) is 17.0 Å². The van der Waals surface area contributed by atoms with Gasteiger partial charge >= 0.3 is 0 Å². The third-order valence-corrected chi connectivity index (χ3v) is 3.05. The van der Waals surface area contributed by atoms with Crippen LogP contribution < -0.4 is 5.73 Å².